The summed E-state index contributed by atoms with van der Waals surface area (Å²) in [6.45, 7) is 0. The van der Waals surface area contributed by atoms with E-state index in [1.54, 1.807) is 24.4 Å². The van der Waals surface area contributed by atoms with E-state index in [1.807, 2.05) is 12.1 Å². The number of hydrogen-bond donors (Lipinski definition) is 0. The number of sulfone groups is 1. The topological polar surface area (TPSA) is 70.8 Å². The molecule has 0 spiro atoms. The summed E-state index contributed by atoms with van der Waals surface area (Å²) in [5, 5.41) is 9.10. The largest absolute Gasteiger partial charge is 0.256 e. The lowest BCUT2D eigenvalue weighted by Gasteiger charge is -2.05. The van der Waals surface area contributed by atoms with Crippen LogP contribution < -0.4 is 0 Å². The van der Waals surface area contributed by atoms with Gasteiger partial charge in [-0.05, 0) is 24.3 Å². The van der Waals surface area contributed by atoms with Crippen molar-refractivity contribution in [3.8, 4) is 17.3 Å². The molecule has 0 amide bonds. The monoisotopic (exact) mass is 258 g/mol. The van der Waals surface area contributed by atoms with Crippen molar-refractivity contribution < 1.29 is 8.42 Å². The molecule has 0 radical (unpaired) electrons. The summed E-state index contributed by atoms with van der Waals surface area (Å²) in [6.07, 6.45) is 2.74. The predicted octanol–water partition coefficient (Wildman–Crippen LogP) is 2.02. The van der Waals surface area contributed by atoms with Crippen molar-refractivity contribution >= 4 is 9.84 Å². The van der Waals surface area contributed by atoms with Crippen LogP contribution in [0.25, 0.3) is 11.3 Å². The maximum Gasteiger partial charge on any atom is 0.175 e. The molecule has 1 aromatic heterocycles. The van der Waals surface area contributed by atoms with Crippen molar-refractivity contribution in [2.45, 2.75) is 4.90 Å². The lowest BCUT2D eigenvalue weighted by atomic mass is 10.1. The Labute approximate surface area is 105 Å². The van der Waals surface area contributed by atoms with Gasteiger partial charge in [-0.25, -0.2) is 8.42 Å². The third-order valence-corrected chi connectivity index (χ3v) is 3.59. The van der Waals surface area contributed by atoms with E-state index >= 15 is 0 Å². The Morgan fingerprint density at radius 2 is 2.00 bits per heavy atom. The zero-order valence-corrected chi connectivity index (χ0v) is 10.5. The highest BCUT2D eigenvalue weighted by Crippen LogP contribution is 2.23. The third-order valence-electron chi connectivity index (χ3n) is 2.48. The van der Waals surface area contributed by atoms with Gasteiger partial charge < -0.3 is 0 Å². The zero-order valence-electron chi connectivity index (χ0n) is 9.66. The smallest absolute Gasteiger partial charge is 0.175 e. The van der Waals surface area contributed by atoms with Crippen LogP contribution in [-0.2, 0) is 9.84 Å². The summed E-state index contributed by atoms with van der Waals surface area (Å²) >= 11 is 0. The second-order valence-electron chi connectivity index (χ2n) is 3.81. The Morgan fingerprint density at radius 3 is 2.56 bits per heavy atom. The van der Waals surface area contributed by atoms with E-state index in [2.05, 4.69) is 4.98 Å². The van der Waals surface area contributed by atoms with E-state index < -0.39 is 9.84 Å². The summed E-state index contributed by atoms with van der Waals surface area (Å²) in [4.78, 5) is 4.29. The molecule has 1 aromatic carbocycles. The first-order valence-electron chi connectivity index (χ1n) is 5.18. The SMILES string of the molecule is CS(=O)(=O)c1ccc(-c2ccccn2)c(C#N)c1. The predicted molar refractivity (Wildman–Crippen MR) is 67.5 cm³/mol. The van der Waals surface area contributed by atoms with Gasteiger partial charge >= 0.3 is 0 Å². The summed E-state index contributed by atoms with van der Waals surface area (Å²) in [7, 11) is -3.31. The van der Waals surface area contributed by atoms with Gasteiger partial charge in [0.05, 0.1) is 22.2 Å². The maximum absolute atomic E-state index is 11.4. The number of benzene rings is 1. The van der Waals surface area contributed by atoms with Crippen molar-refractivity contribution in [2.24, 2.45) is 0 Å². The fourth-order valence-electron chi connectivity index (χ4n) is 1.59. The summed E-state index contributed by atoms with van der Waals surface area (Å²) in [6, 6.07) is 11.8. The molecule has 5 heteroatoms. The van der Waals surface area contributed by atoms with E-state index in [-0.39, 0.29) is 4.90 Å². The molecule has 0 saturated heterocycles. The van der Waals surface area contributed by atoms with Crippen LogP contribution in [0, 0.1) is 11.3 Å². The Morgan fingerprint density at radius 1 is 1.22 bits per heavy atom. The first-order chi connectivity index (χ1) is 8.52. The Kier molecular flexibility index (Phi) is 3.13. The number of nitrogens with zero attached hydrogens (tertiary/aromatic N) is 2. The molecule has 90 valence electrons. The van der Waals surface area contributed by atoms with Crippen molar-refractivity contribution in [1.82, 2.24) is 4.98 Å². The minimum absolute atomic E-state index is 0.138. The van der Waals surface area contributed by atoms with Crippen LogP contribution in [0.3, 0.4) is 0 Å². The summed E-state index contributed by atoms with van der Waals surface area (Å²) in [5.41, 5.74) is 1.58. The highest BCUT2D eigenvalue weighted by molar-refractivity contribution is 7.90. The Balaban J connectivity index is 2.63. The minimum Gasteiger partial charge on any atom is -0.256 e. The van der Waals surface area contributed by atoms with Crippen LogP contribution in [-0.4, -0.2) is 19.7 Å². The normalized spacial score (nSPS) is 10.9. The van der Waals surface area contributed by atoms with Crippen LogP contribution in [0.15, 0.2) is 47.5 Å². The van der Waals surface area contributed by atoms with E-state index in [0.29, 0.717) is 16.8 Å². The molecule has 0 N–H and O–H groups in total. The highest BCUT2D eigenvalue weighted by Gasteiger charge is 2.12. The summed E-state index contributed by atoms with van der Waals surface area (Å²) in [5.74, 6) is 0. The molecular formula is C13H10N2O2S. The highest BCUT2D eigenvalue weighted by atomic mass is 32.2. The number of aromatic nitrogens is 1. The average molecular weight is 258 g/mol. The molecule has 1 heterocycles. The van der Waals surface area contributed by atoms with Crippen LogP contribution in [0.2, 0.25) is 0 Å². The lowest BCUT2D eigenvalue weighted by Crippen LogP contribution is -1.98. The molecule has 0 atom stereocenters. The minimum atomic E-state index is -3.31. The maximum atomic E-state index is 11.4. The van der Waals surface area contributed by atoms with Gasteiger partial charge in [0.25, 0.3) is 0 Å². The zero-order chi connectivity index (χ0) is 13.2. The van der Waals surface area contributed by atoms with Gasteiger partial charge in [0, 0.05) is 18.0 Å². The molecule has 0 unspecified atom stereocenters. The van der Waals surface area contributed by atoms with Gasteiger partial charge in [-0.3, -0.25) is 4.98 Å². The third kappa shape index (κ3) is 2.39. The number of rotatable bonds is 2. The van der Waals surface area contributed by atoms with Crippen LogP contribution in [0.1, 0.15) is 5.56 Å². The molecule has 2 rings (SSSR count). The van der Waals surface area contributed by atoms with Crippen molar-refractivity contribution in [3.63, 3.8) is 0 Å². The average Bonchev–Trinajstić information content (AvgIpc) is 2.38. The number of pyridine rings is 1. The van der Waals surface area contributed by atoms with Crippen molar-refractivity contribution in [2.75, 3.05) is 6.26 Å². The van der Waals surface area contributed by atoms with Gasteiger partial charge in [0.2, 0.25) is 0 Å². The molecule has 0 bridgehead atoms. The first-order valence-corrected chi connectivity index (χ1v) is 7.07. The second kappa shape index (κ2) is 4.59. The molecule has 0 saturated carbocycles. The van der Waals surface area contributed by atoms with E-state index in [1.165, 1.54) is 12.1 Å². The van der Waals surface area contributed by atoms with Gasteiger partial charge in [-0.2, -0.15) is 5.26 Å². The fraction of sp³-hybridized carbons (Fsp3) is 0.0769. The lowest BCUT2D eigenvalue weighted by molar-refractivity contribution is 0.602. The van der Waals surface area contributed by atoms with E-state index in [9.17, 15) is 8.42 Å². The van der Waals surface area contributed by atoms with E-state index in [0.717, 1.165) is 6.26 Å². The molecule has 0 aliphatic rings. The molecular weight excluding hydrogens is 248 g/mol. The molecule has 0 fully saturated rings. The van der Waals surface area contributed by atoms with Gasteiger partial charge in [0.15, 0.2) is 9.84 Å². The number of hydrogen-bond acceptors (Lipinski definition) is 4. The van der Waals surface area contributed by atoms with Gasteiger partial charge in [0.1, 0.15) is 0 Å². The first kappa shape index (κ1) is 12.3. The van der Waals surface area contributed by atoms with Crippen LogP contribution in [0.4, 0.5) is 0 Å². The molecule has 18 heavy (non-hydrogen) atoms. The van der Waals surface area contributed by atoms with E-state index in [4.69, 9.17) is 5.26 Å². The molecule has 0 aliphatic carbocycles. The number of nitriles is 1. The Bertz CT molecular complexity index is 716. The fourth-order valence-corrected chi connectivity index (χ4v) is 2.24. The summed E-state index contributed by atoms with van der Waals surface area (Å²) < 4.78 is 22.8. The quantitative estimate of drug-likeness (QED) is 0.826. The Hall–Kier alpha value is -2.19. The second-order valence-corrected chi connectivity index (χ2v) is 5.82. The van der Waals surface area contributed by atoms with Crippen LogP contribution >= 0.6 is 0 Å². The van der Waals surface area contributed by atoms with Crippen LogP contribution in [0.5, 0.6) is 0 Å². The molecule has 4 nitrogen and oxygen atoms in total. The molecule has 0 aliphatic heterocycles. The standard InChI is InChI=1S/C13H10N2O2S/c1-18(16,17)11-5-6-12(10(8-11)9-14)13-4-2-3-7-15-13/h2-8H,1H3. The molecule has 2 aromatic rings. The van der Waals surface area contributed by atoms with Crippen molar-refractivity contribution in [3.05, 3.63) is 48.2 Å². The van der Waals surface area contributed by atoms with Gasteiger partial charge in [-0.15, -0.1) is 0 Å². The van der Waals surface area contributed by atoms with Gasteiger partial charge in [-0.1, -0.05) is 12.1 Å². The van der Waals surface area contributed by atoms with Crippen molar-refractivity contribution in [1.29, 1.82) is 5.26 Å².